The zero-order chi connectivity index (χ0) is 13.1. The number of aromatic hydroxyl groups is 1. The van der Waals surface area contributed by atoms with Crippen LogP contribution in [0.1, 0.15) is 11.6 Å². The monoisotopic (exact) mass is 320 g/mol. The number of halogens is 3. The van der Waals surface area contributed by atoms with Crippen molar-refractivity contribution in [1.82, 2.24) is 10.2 Å². The van der Waals surface area contributed by atoms with Crippen LogP contribution in [0.25, 0.3) is 0 Å². The van der Waals surface area contributed by atoms with Gasteiger partial charge in [-0.1, -0.05) is 15.9 Å². The summed E-state index contributed by atoms with van der Waals surface area (Å²) in [5, 5.41) is 12.9. The van der Waals surface area contributed by atoms with Crippen LogP contribution < -0.4 is 5.32 Å². The quantitative estimate of drug-likeness (QED) is 0.897. The van der Waals surface area contributed by atoms with Crippen molar-refractivity contribution in [2.45, 2.75) is 12.5 Å². The van der Waals surface area contributed by atoms with Gasteiger partial charge in [0.25, 0.3) is 6.43 Å². The molecule has 6 heteroatoms. The summed E-state index contributed by atoms with van der Waals surface area (Å²) in [6, 6.07) is 3.59. The van der Waals surface area contributed by atoms with Gasteiger partial charge in [0, 0.05) is 36.2 Å². The second kappa shape index (κ2) is 5.95. The van der Waals surface area contributed by atoms with Crippen molar-refractivity contribution in [1.29, 1.82) is 0 Å². The molecule has 2 N–H and O–H groups in total. The van der Waals surface area contributed by atoms with E-state index in [-0.39, 0.29) is 11.3 Å². The number of phenols is 1. The van der Waals surface area contributed by atoms with Crippen LogP contribution in [0, 0.1) is 0 Å². The van der Waals surface area contributed by atoms with E-state index < -0.39 is 12.5 Å². The molecule has 2 rings (SSSR count). The molecule has 0 amide bonds. The Bertz CT molecular complexity index is 411. The third-order valence-corrected chi connectivity index (χ3v) is 3.59. The van der Waals surface area contributed by atoms with Crippen LogP contribution in [-0.2, 0) is 0 Å². The SMILES string of the molecule is Oc1ccc(Br)cc1[C@@H](C(F)F)N1CCNCC1. The van der Waals surface area contributed by atoms with Crippen molar-refractivity contribution >= 4 is 15.9 Å². The Kier molecular flexibility index (Phi) is 4.53. The predicted molar refractivity (Wildman–Crippen MR) is 69.0 cm³/mol. The highest BCUT2D eigenvalue weighted by molar-refractivity contribution is 9.10. The zero-order valence-electron chi connectivity index (χ0n) is 9.74. The average Bonchev–Trinajstić information content (AvgIpc) is 2.35. The van der Waals surface area contributed by atoms with Gasteiger partial charge in [-0.25, -0.2) is 8.78 Å². The lowest BCUT2D eigenvalue weighted by molar-refractivity contribution is 0.0170. The van der Waals surface area contributed by atoms with Crippen LogP contribution in [0.15, 0.2) is 22.7 Å². The molecule has 1 saturated heterocycles. The largest absolute Gasteiger partial charge is 0.508 e. The maximum atomic E-state index is 13.3. The summed E-state index contributed by atoms with van der Waals surface area (Å²) in [7, 11) is 0. The van der Waals surface area contributed by atoms with Crippen LogP contribution in [0.4, 0.5) is 8.78 Å². The van der Waals surface area contributed by atoms with Crippen LogP contribution in [-0.4, -0.2) is 42.6 Å². The molecule has 1 atom stereocenters. The van der Waals surface area contributed by atoms with E-state index in [2.05, 4.69) is 21.2 Å². The Morgan fingerprint density at radius 3 is 2.56 bits per heavy atom. The normalized spacial score (nSPS) is 19.1. The van der Waals surface area contributed by atoms with Gasteiger partial charge in [-0.2, -0.15) is 0 Å². The first-order chi connectivity index (χ1) is 8.59. The van der Waals surface area contributed by atoms with E-state index in [0.29, 0.717) is 30.7 Å². The number of rotatable bonds is 3. The van der Waals surface area contributed by atoms with Crippen molar-refractivity contribution in [2.24, 2.45) is 0 Å². The molecule has 18 heavy (non-hydrogen) atoms. The Balaban J connectivity index is 2.31. The second-order valence-corrected chi connectivity index (χ2v) is 5.18. The number of nitrogens with one attached hydrogen (secondary N) is 1. The number of hydrogen-bond donors (Lipinski definition) is 2. The van der Waals surface area contributed by atoms with Gasteiger partial charge >= 0.3 is 0 Å². The fourth-order valence-corrected chi connectivity index (χ4v) is 2.59. The van der Waals surface area contributed by atoms with Gasteiger partial charge < -0.3 is 10.4 Å². The van der Waals surface area contributed by atoms with Gasteiger partial charge in [0.2, 0.25) is 0 Å². The number of alkyl halides is 2. The third-order valence-electron chi connectivity index (χ3n) is 3.09. The number of hydrogen-bond acceptors (Lipinski definition) is 3. The summed E-state index contributed by atoms with van der Waals surface area (Å²) in [6.07, 6.45) is -2.52. The first kappa shape index (κ1) is 13.7. The summed E-state index contributed by atoms with van der Waals surface area (Å²) in [5.74, 6) is -0.0815. The molecule has 0 bridgehead atoms. The molecule has 0 radical (unpaired) electrons. The maximum Gasteiger partial charge on any atom is 0.258 e. The van der Waals surface area contributed by atoms with Crippen LogP contribution in [0.2, 0.25) is 0 Å². The van der Waals surface area contributed by atoms with Gasteiger partial charge in [0.1, 0.15) is 11.8 Å². The minimum Gasteiger partial charge on any atom is -0.508 e. The highest BCUT2D eigenvalue weighted by Gasteiger charge is 2.32. The van der Waals surface area contributed by atoms with Gasteiger partial charge in [0.15, 0.2) is 0 Å². The summed E-state index contributed by atoms with van der Waals surface area (Å²) in [5.41, 5.74) is 0.279. The van der Waals surface area contributed by atoms with E-state index in [1.165, 1.54) is 6.07 Å². The lowest BCUT2D eigenvalue weighted by Gasteiger charge is -2.34. The molecule has 0 spiro atoms. The minimum absolute atomic E-state index is 0.0815. The molecular formula is C12H15BrF2N2O. The average molecular weight is 321 g/mol. The van der Waals surface area contributed by atoms with E-state index in [1.807, 2.05) is 0 Å². The van der Waals surface area contributed by atoms with E-state index >= 15 is 0 Å². The summed E-state index contributed by atoms with van der Waals surface area (Å²) in [4.78, 5) is 1.71. The molecule has 100 valence electrons. The van der Waals surface area contributed by atoms with Crippen molar-refractivity contribution in [3.63, 3.8) is 0 Å². The van der Waals surface area contributed by atoms with E-state index in [9.17, 15) is 13.9 Å². The van der Waals surface area contributed by atoms with Crippen molar-refractivity contribution in [3.8, 4) is 5.75 Å². The van der Waals surface area contributed by atoms with Gasteiger partial charge in [-0.15, -0.1) is 0 Å². The molecule has 0 saturated carbocycles. The fraction of sp³-hybridized carbons (Fsp3) is 0.500. The predicted octanol–water partition coefficient (Wildman–Crippen LogP) is 2.37. The van der Waals surface area contributed by atoms with Crippen molar-refractivity contribution in [3.05, 3.63) is 28.2 Å². The highest BCUT2D eigenvalue weighted by atomic mass is 79.9. The number of benzene rings is 1. The number of phenolic OH excluding ortho intramolecular Hbond substituents is 1. The topological polar surface area (TPSA) is 35.5 Å². The van der Waals surface area contributed by atoms with Crippen molar-refractivity contribution in [2.75, 3.05) is 26.2 Å². The number of nitrogens with zero attached hydrogens (tertiary/aromatic N) is 1. The van der Waals surface area contributed by atoms with Gasteiger partial charge in [-0.3, -0.25) is 4.90 Å². The Morgan fingerprint density at radius 2 is 1.94 bits per heavy atom. The summed E-state index contributed by atoms with van der Waals surface area (Å²) >= 11 is 3.25. The summed E-state index contributed by atoms with van der Waals surface area (Å²) < 4.78 is 27.3. The fourth-order valence-electron chi connectivity index (χ4n) is 2.21. The molecule has 3 nitrogen and oxygen atoms in total. The molecule has 0 aliphatic carbocycles. The molecule has 1 aliphatic heterocycles. The van der Waals surface area contributed by atoms with Gasteiger partial charge in [-0.05, 0) is 18.2 Å². The first-order valence-electron chi connectivity index (χ1n) is 5.81. The van der Waals surface area contributed by atoms with Crippen LogP contribution in [0.5, 0.6) is 5.75 Å². The standard InChI is InChI=1S/C12H15BrF2N2O/c13-8-1-2-10(18)9(7-8)11(12(14)15)17-5-3-16-4-6-17/h1-2,7,11-12,16,18H,3-6H2/t11-/m0/s1. The van der Waals surface area contributed by atoms with E-state index in [0.717, 1.165) is 0 Å². The second-order valence-electron chi connectivity index (χ2n) is 4.27. The third kappa shape index (κ3) is 2.99. The zero-order valence-corrected chi connectivity index (χ0v) is 11.3. The lowest BCUT2D eigenvalue weighted by Crippen LogP contribution is -2.46. The van der Waals surface area contributed by atoms with Crippen molar-refractivity contribution < 1.29 is 13.9 Å². The lowest BCUT2D eigenvalue weighted by atomic mass is 10.0. The molecule has 1 aromatic carbocycles. The highest BCUT2D eigenvalue weighted by Crippen LogP contribution is 2.35. The van der Waals surface area contributed by atoms with Gasteiger partial charge in [0.05, 0.1) is 0 Å². The summed E-state index contributed by atoms with van der Waals surface area (Å²) in [6.45, 7) is 2.50. The molecule has 1 aromatic rings. The molecule has 1 aliphatic rings. The molecule has 1 fully saturated rings. The minimum atomic E-state index is -2.52. The number of piperazine rings is 1. The molecule has 0 aromatic heterocycles. The Morgan fingerprint density at radius 1 is 1.28 bits per heavy atom. The smallest absolute Gasteiger partial charge is 0.258 e. The molecule has 1 heterocycles. The maximum absolute atomic E-state index is 13.3. The van der Waals surface area contributed by atoms with Crippen LogP contribution in [0.3, 0.4) is 0 Å². The van der Waals surface area contributed by atoms with E-state index in [4.69, 9.17) is 0 Å². The first-order valence-corrected chi connectivity index (χ1v) is 6.60. The van der Waals surface area contributed by atoms with E-state index in [1.54, 1.807) is 17.0 Å². The molecule has 0 unspecified atom stereocenters. The molecular weight excluding hydrogens is 306 g/mol. The van der Waals surface area contributed by atoms with Crippen LogP contribution >= 0.6 is 15.9 Å². The Labute approximate surface area is 113 Å². The Hall–Kier alpha value is -0.720.